The maximum Gasteiger partial charge on any atom is 0.261 e. The molecular formula is C74H100O10Si2. The van der Waals surface area contributed by atoms with Crippen LogP contribution in [0.2, 0.25) is 10.1 Å². The summed E-state index contributed by atoms with van der Waals surface area (Å²) in [5.74, 6) is 1.27. The fourth-order valence-electron chi connectivity index (χ4n) is 16.4. The summed E-state index contributed by atoms with van der Waals surface area (Å²) >= 11 is 0. The van der Waals surface area contributed by atoms with Gasteiger partial charge in [0.25, 0.3) is 16.6 Å². The zero-order chi connectivity index (χ0) is 60.7. The van der Waals surface area contributed by atoms with Gasteiger partial charge in [-0.3, -0.25) is 9.59 Å². The molecule has 7 heterocycles. The van der Waals surface area contributed by atoms with E-state index in [0.29, 0.717) is 44.4 Å². The Morgan fingerprint density at radius 2 is 1.03 bits per heavy atom. The van der Waals surface area contributed by atoms with Crippen LogP contribution in [0.15, 0.2) is 146 Å². The second-order valence-corrected chi connectivity index (χ2v) is 37.7. The van der Waals surface area contributed by atoms with Crippen LogP contribution in [-0.2, 0) is 46.9 Å². The Bertz CT molecular complexity index is 2860. The molecule has 0 N–H and O–H groups in total. The number of rotatable bonds is 11. The van der Waals surface area contributed by atoms with E-state index >= 15 is 9.59 Å². The fraction of sp³-hybridized carbons (Fsp3) is 0.595. The average molecular weight is 1210 g/mol. The SMILES string of the molecule is C=C1CC2CCC(=O)C[C@H]3O[C@H]4[C@@H](O[Si](c5ccccc5)(c5ccccc5)C(C)(C)C)[C@H]5O[C@H](CC[C@@H]5O[C@H]4[C@H]3O[Si](c3ccccc3)(c3ccccc3)C(C)(C)C)CC(=O)CC3[C@H](CC4O[C@@H](CCC1O2)C[C@@H](C)C4=C)O[C@H](C[C@H](C)CC)[C@@H]3C. The second kappa shape index (κ2) is 26.3. The van der Waals surface area contributed by atoms with Crippen molar-refractivity contribution >= 4 is 48.9 Å². The third-order valence-electron chi connectivity index (χ3n) is 21.3. The number of carbonyl (C=O) groups excluding carboxylic acids is 2. The summed E-state index contributed by atoms with van der Waals surface area (Å²) in [4.78, 5) is 30.2. The molecule has 4 aromatic carbocycles. The molecule has 7 aliphatic rings. The van der Waals surface area contributed by atoms with Gasteiger partial charge in [-0.15, -0.1) is 0 Å². The van der Waals surface area contributed by atoms with Gasteiger partial charge in [0.1, 0.15) is 42.1 Å². The molecule has 86 heavy (non-hydrogen) atoms. The monoisotopic (exact) mass is 1200 g/mol. The van der Waals surface area contributed by atoms with Crippen molar-refractivity contribution in [3.05, 3.63) is 146 Å². The number of carbonyl (C=O) groups is 2. The molecule has 7 fully saturated rings. The molecule has 0 spiro atoms. The second-order valence-electron chi connectivity index (χ2n) is 29.2. The van der Waals surface area contributed by atoms with E-state index in [4.69, 9.17) is 37.3 Å². The highest BCUT2D eigenvalue weighted by Crippen LogP contribution is 2.50. The van der Waals surface area contributed by atoms with Crippen molar-refractivity contribution in [2.45, 2.75) is 255 Å². The van der Waals surface area contributed by atoms with Crippen LogP contribution in [0.4, 0.5) is 0 Å². The number of ketones is 2. The fourth-order valence-corrected chi connectivity index (χ4v) is 25.8. The molecule has 0 saturated carbocycles. The molecule has 18 atom stereocenters. The third kappa shape index (κ3) is 12.8. The van der Waals surface area contributed by atoms with Gasteiger partial charge in [-0.2, -0.15) is 0 Å². The first-order chi connectivity index (χ1) is 41.2. The van der Waals surface area contributed by atoms with Crippen molar-refractivity contribution in [2.75, 3.05) is 0 Å². The first-order valence-electron chi connectivity index (χ1n) is 33.1. The average Bonchev–Trinajstić information content (AvgIpc) is 1.37. The van der Waals surface area contributed by atoms with Gasteiger partial charge in [0.05, 0.1) is 54.9 Å². The Kier molecular flexibility index (Phi) is 19.4. The molecule has 464 valence electrons. The number of Topliss-reactive ketones (excluding diaryl/α,β-unsaturated/α-hetero) is 2. The number of hydrogen-bond acceptors (Lipinski definition) is 10. The normalized spacial score (nSPS) is 34.6. The molecule has 4 unspecified atom stereocenters. The molecule has 0 radical (unpaired) electrons. The Hall–Kier alpha value is -4.19. The van der Waals surface area contributed by atoms with Gasteiger partial charge >= 0.3 is 0 Å². The van der Waals surface area contributed by atoms with E-state index < -0.39 is 64.4 Å². The molecule has 10 nitrogen and oxygen atoms in total. The van der Waals surface area contributed by atoms with E-state index in [0.717, 1.165) is 70.4 Å². The number of fused-ring (bicyclic) bond motifs is 7. The Balaban J connectivity index is 1.02. The first-order valence-corrected chi connectivity index (χ1v) is 36.9. The lowest BCUT2D eigenvalue weighted by Gasteiger charge is -2.53. The molecule has 11 rings (SSSR count). The smallest absolute Gasteiger partial charge is 0.261 e. The highest BCUT2D eigenvalue weighted by atomic mass is 28.4. The molecular weight excluding hydrogens is 1100 g/mol. The molecule has 4 aromatic rings. The molecule has 7 aliphatic heterocycles. The summed E-state index contributed by atoms with van der Waals surface area (Å²) < 4.78 is 60.5. The summed E-state index contributed by atoms with van der Waals surface area (Å²) in [6.07, 6.45) is 3.74. The van der Waals surface area contributed by atoms with Crippen molar-refractivity contribution in [1.82, 2.24) is 0 Å². The van der Waals surface area contributed by atoms with Crippen molar-refractivity contribution in [2.24, 2.45) is 23.7 Å². The van der Waals surface area contributed by atoms with Crippen LogP contribution in [0, 0.1) is 23.7 Å². The maximum absolute atomic E-state index is 15.1. The van der Waals surface area contributed by atoms with Crippen molar-refractivity contribution in [3.8, 4) is 0 Å². The predicted molar refractivity (Wildman–Crippen MR) is 347 cm³/mol. The van der Waals surface area contributed by atoms with E-state index in [1.54, 1.807) is 0 Å². The highest BCUT2D eigenvalue weighted by Gasteiger charge is 2.65. The van der Waals surface area contributed by atoms with Gasteiger partial charge in [0, 0.05) is 32.1 Å². The van der Waals surface area contributed by atoms with Gasteiger partial charge in [-0.25, -0.2) is 0 Å². The van der Waals surface area contributed by atoms with Gasteiger partial charge in [0.15, 0.2) is 0 Å². The summed E-state index contributed by atoms with van der Waals surface area (Å²) in [5.41, 5.74) is 2.20. The van der Waals surface area contributed by atoms with Gasteiger partial charge in [-0.1, -0.05) is 210 Å². The number of ether oxygens (including phenoxy) is 6. The minimum Gasteiger partial charge on any atom is -0.399 e. The quantitative estimate of drug-likeness (QED) is 0.106. The molecule has 7 saturated heterocycles. The first kappa shape index (κ1) is 63.4. The van der Waals surface area contributed by atoms with Crippen LogP contribution in [0.1, 0.15) is 159 Å². The van der Waals surface area contributed by atoms with E-state index in [-0.39, 0.29) is 89.9 Å². The highest BCUT2D eigenvalue weighted by molar-refractivity contribution is 7.00. The van der Waals surface area contributed by atoms with Gasteiger partial charge in [0.2, 0.25) is 0 Å². The van der Waals surface area contributed by atoms with Crippen molar-refractivity contribution < 1.29 is 46.9 Å². The Labute approximate surface area is 517 Å². The zero-order valence-corrected chi connectivity index (χ0v) is 55.3. The van der Waals surface area contributed by atoms with Crippen LogP contribution in [0.25, 0.3) is 0 Å². The minimum atomic E-state index is -3.35. The lowest BCUT2D eigenvalue weighted by atomic mass is 9.78. The van der Waals surface area contributed by atoms with Crippen molar-refractivity contribution in [1.29, 1.82) is 0 Å². The minimum absolute atomic E-state index is 0.0191. The molecule has 0 aliphatic carbocycles. The van der Waals surface area contributed by atoms with E-state index in [1.807, 2.05) is 0 Å². The molecule has 8 bridgehead atoms. The predicted octanol–water partition coefficient (Wildman–Crippen LogP) is 12.8. The third-order valence-corrected chi connectivity index (χ3v) is 31.4. The van der Waals surface area contributed by atoms with E-state index in [1.165, 1.54) is 0 Å². The lowest BCUT2D eigenvalue weighted by molar-refractivity contribution is -0.254. The van der Waals surface area contributed by atoms with Crippen LogP contribution >= 0.6 is 0 Å². The summed E-state index contributed by atoms with van der Waals surface area (Å²) in [6.45, 7) is 32.2. The van der Waals surface area contributed by atoms with Gasteiger partial charge in [-0.05, 0) is 117 Å². The summed E-state index contributed by atoms with van der Waals surface area (Å²) in [5, 5.41) is 3.77. The van der Waals surface area contributed by atoms with Crippen molar-refractivity contribution in [3.63, 3.8) is 0 Å². The summed E-state index contributed by atoms with van der Waals surface area (Å²) in [6, 6.07) is 43.0. The Morgan fingerprint density at radius 1 is 0.523 bits per heavy atom. The summed E-state index contributed by atoms with van der Waals surface area (Å²) in [7, 11) is -6.65. The van der Waals surface area contributed by atoms with Crippen LogP contribution in [-0.4, -0.2) is 114 Å². The molecule has 12 heteroatoms. The zero-order valence-electron chi connectivity index (χ0n) is 53.3. The van der Waals surface area contributed by atoms with Crippen LogP contribution in [0.5, 0.6) is 0 Å². The number of benzene rings is 4. The lowest BCUT2D eigenvalue weighted by Crippen LogP contribution is -2.73. The van der Waals surface area contributed by atoms with Crippen LogP contribution < -0.4 is 20.7 Å². The maximum atomic E-state index is 15.1. The standard InChI is InChI=1S/C74H100O10Si2/c1-13-47(2)40-64-51(6)61-44-53(76)43-56-37-39-63-68(79-56)72(84-86(74(10,11)12,59-30-22-16-23-31-59)60-32-24-17-25-33-60)71-70(81-63)69(83-85(73(7,8)9,57-26-18-14-19-27-57)58-28-20-15-21-29-58)67(82-71)45-52(75)34-35-54-42-49(4)62(77-54)38-36-55-41-48(3)50(5)65(78-55)46-66(61)80-64/h14-33,47-48,51,54-56,61-72H,4-5,13,34-46H2,1-3,6-12H3/t47-,48-,51-,54?,55+,56-,61?,62?,63+,64-,65?,66+,67-,68+,69+,70+,71-,72+/m1/s1. The topological polar surface area (TPSA) is 108 Å². The van der Waals surface area contributed by atoms with Gasteiger partial charge < -0.3 is 37.3 Å². The number of hydrogen-bond donors (Lipinski definition) is 0. The van der Waals surface area contributed by atoms with E-state index in [2.05, 4.69) is 204 Å². The molecule has 0 aromatic heterocycles. The Morgan fingerprint density at radius 3 is 1.59 bits per heavy atom. The molecule has 0 amide bonds. The van der Waals surface area contributed by atoms with Crippen LogP contribution in [0.3, 0.4) is 0 Å². The largest absolute Gasteiger partial charge is 0.399 e. The van der Waals surface area contributed by atoms with E-state index in [9.17, 15) is 0 Å².